The molecule has 0 amide bonds. The molecule has 0 aliphatic carbocycles. The standard InChI is InChI=1S/C9H19NO2/c1-5-6(2)9(3,4)7(10)8(11)12/h6-7H,5,10H2,1-4H3,(H,11,12). The van der Waals surface area contributed by atoms with Gasteiger partial charge in [0.1, 0.15) is 6.04 Å². The van der Waals surface area contributed by atoms with Crippen molar-refractivity contribution in [1.82, 2.24) is 0 Å². The van der Waals surface area contributed by atoms with Gasteiger partial charge in [-0.1, -0.05) is 34.1 Å². The molecule has 0 aromatic rings. The summed E-state index contributed by atoms with van der Waals surface area (Å²) in [5, 5.41) is 8.74. The molecule has 0 radical (unpaired) electrons. The molecule has 0 aliphatic heterocycles. The van der Waals surface area contributed by atoms with Crippen molar-refractivity contribution < 1.29 is 9.90 Å². The van der Waals surface area contributed by atoms with Gasteiger partial charge >= 0.3 is 5.97 Å². The fourth-order valence-corrected chi connectivity index (χ4v) is 1.15. The van der Waals surface area contributed by atoms with Crippen LogP contribution < -0.4 is 5.73 Å². The molecule has 3 nitrogen and oxygen atoms in total. The first-order valence-electron chi connectivity index (χ1n) is 4.32. The van der Waals surface area contributed by atoms with Gasteiger partial charge in [0, 0.05) is 0 Å². The van der Waals surface area contributed by atoms with Gasteiger partial charge in [-0.2, -0.15) is 0 Å². The summed E-state index contributed by atoms with van der Waals surface area (Å²) in [6.07, 6.45) is 0.952. The van der Waals surface area contributed by atoms with Crippen molar-refractivity contribution in [1.29, 1.82) is 0 Å². The summed E-state index contributed by atoms with van der Waals surface area (Å²) in [7, 11) is 0. The molecular formula is C9H19NO2. The van der Waals surface area contributed by atoms with Crippen LogP contribution >= 0.6 is 0 Å². The molecule has 0 rings (SSSR count). The maximum absolute atomic E-state index is 10.6. The van der Waals surface area contributed by atoms with Crippen LogP contribution in [0.15, 0.2) is 0 Å². The molecule has 2 atom stereocenters. The Morgan fingerprint density at radius 1 is 1.58 bits per heavy atom. The summed E-state index contributed by atoms with van der Waals surface area (Å²) in [6.45, 7) is 7.88. The van der Waals surface area contributed by atoms with Crippen LogP contribution in [0.25, 0.3) is 0 Å². The summed E-state index contributed by atoms with van der Waals surface area (Å²) >= 11 is 0. The average Bonchev–Trinajstić information content (AvgIpc) is 2.01. The lowest BCUT2D eigenvalue weighted by Gasteiger charge is -2.34. The Morgan fingerprint density at radius 2 is 2.00 bits per heavy atom. The number of rotatable bonds is 4. The van der Waals surface area contributed by atoms with E-state index >= 15 is 0 Å². The lowest BCUT2D eigenvalue weighted by Crippen LogP contribution is -2.47. The van der Waals surface area contributed by atoms with E-state index in [1.54, 1.807) is 0 Å². The number of nitrogens with two attached hydrogens (primary N) is 1. The van der Waals surface area contributed by atoms with Crippen LogP contribution in [0.2, 0.25) is 0 Å². The molecule has 0 heterocycles. The Bertz CT molecular complexity index is 166. The molecule has 0 aromatic heterocycles. The van der Waals surface area contributed by atoms with Gasteiger partial charge in [-0.15, -0.1) is 0 Å². The minimum absolute atomic E-state index is 0.323. The van der Waals surface area contributed by atoms with Crippen molar-refractivity contribution in [2.75, 3.05) is 0 Å². The van der Waals surface area contributed by atoms with Crippen LogP contribution in [-0.4, -0.2) is 17.1 Å². The summed E-state index contributed by atoms with van der Waals surface area (Å²) < 4.78 is 0. The summed E-state index contributed by atoms with van der Waals surface area (Å²) in [5.41, 5.74) is 5.24. The third-order valence-corrected chi connectivity index (χ3v) is 2.95. The van der Waals surface area contributed by atoms with Crippen molar-refractivity contribution in [3.05, 3.63) is 0 Å². The van der Waals surface area contributed by atoms with Crippen LogP contribution in [0.1, 0.15) is 34.1 Å². The Morgan fingerprint density at radius 3 is 2.25 bits per heavy atom. The summed E-state index contributed by atoms with van der Waals surface area (Å²) in [4.78, 5) is 10.6. The van der Waals surface area contributed by atoms with Gasteiger partial charge in [0.2, 0.25) is 0 Å². The van der Waals surface area contributed by atoms with Crippen LogP contribution in [0.4, 0.5) is 0 Å². The number of hydrogen-bond donors (Lipinski definition) is 2. The van der Waals surface area contributed by atoms with Crippen molar-refractivity contribution in [3.63, 3.8) is 0 Å². The molecule has 0 aliphatic rings. The zero-order valence-electron chi connectivity index (χ0n) is 8.29. The van der Waals surface area contributed by atoms with Crippen molar-refractivity contribution in [2.24, 2.45) is 17.1 Å². The van der Waals surface area contributed by atoms with E-state index in [2.05, 4.69) is 0 Å². The molecule has 72 valence electrons. The van der Waals surface area contributed by atoms with E-state index in [0.29, 0.717) is 5.92 Å². The smallest absolute Gasteiger partial charge is 0.321 e. The lowest BCUT2D eigenvalue weighted by atomic mass is 9.73. The molecular weight excluding hydrogens is 154 g/mol. The Hall–Kier alpha value is -0.570. The molecule has 0 bridgehead atoms. The van der Waals surface area contributed by atoms with Gasteiger partial charge in [-0.05, 0) is 11.3 Å². The first-order chi connectivity index (χ1) is 5.34. The third kappa shape index (κ3) is 2.21. The van der Waals surface area contributed by atoms with Crippen LogP contribution in [0.3, 0.4) is 0 Å². The second-order valence-electron chi connectivity index (χ2n) is 3.95. The number of carbonyl (C=O) groups is 1. The van der Waals surface area contributed by atoms with Crippen LogP contribution in [0.5, 0.6) is 0 Å². The van der Waals surface area contributed by atoms with E-state index in [4.69, 9.17) is 10.8 Å². The maximum atomic E-state index is 10.6. The van der Waals surface area contributed by atoms with Crippen LogP contribution in [-0.2, 0) is 4.79 Å². The van der Waals surface area contributed by atoms with Gasteiger partial charge in [-0.3, -0.25) is 4.79 Å². The normalized spacial score (nSPS) is 17.1. The first kappa shape index (κ1) is 11.4. The monoisotopic (exact) mass is 173 g/mol. The highest BCUT2D eigenvalue weighted by Crippen LogP contribution is 2.31. The maximum Gasteiger partial charge on any atom is 0.321 e. The molecule has 0 saturated carbocycles. The molecule has 0 aromatic carbocycles. The second kappa shape index (κ2) is 3.90. The topological polar surface area (TPSA) is 63.3 Å². The quantitative estimate of drug-likeness (QED) is 0.676. The van der Waals surface area contributed by atoms with Crippen molar-refractivity contribution in [2.45, 2.75) is 40.2 Å². The fraction of sp³-hybridized carbons (Fsp3) is 0.889. The average molecular weight is 173 g/mol. The Kier molecular flexibility index (Phi) is 3.71. The zero-order chi connectivity index (χ0) is 9.94. The van der Waals surface area contributed by atoms with E-state index in [0.717, 1.165) is 6.42 Å². The van der Waals surface area contributed by atoms with Gasteiger partial charge < -0.3 is 10.8 Å². The highest BCUT2D eigenvalue weighted by molar-refractivity contribution is 5.74. The van der Waals surface area contributed by atoms with E-state index < -0.39 is 12.0 Å². The Balaban J connectivity index is 4.48. The lowest BCUT2D eigenvalue weighted by molar-refractivity contribution is -0.142. The minimum atomic E-state index is -0.916. The third-order valence-electron chi connectivity index (χ3n) is 2.95. The molecule has 0 saturated heterocycles. The number of carboxylic acids is 1. The van der Waals surface area contributed by atoms with E-state index in [1.807, 2.05) is 27.7 Å². The van der Waals surface area contributed by atoms with E-state index in [9.17, 15) is 4.79 Å². The molecule has 2 unspecified atom stereocenters. The Labute approximate surface area is 74.0 Å². The largest absolute Gasteiger partial charge is 0.480 e. The zero-order valence-corrected chi connectivity index (χ0v) is 8.29. The minimum Gasteiger partial charge on any atom is -0.480 e. The summed E-state index contributed by atoms with van der Waals surface area (Å²) in [5.74, 6) is -0.594. The second-order valence-corrected chi connectivity index (χ2v) is 3.95. The number of aliphatic carboxylic acids is 1. The molecule has 3 heteroatoms. The molecule has 0 spiro atoms. The first-order valence-corrected chi connectivity index (χ1v) is 4.32. The van der Waals surface area contributed by atoms with Crippen molar-refractivity contribution in [3.8, 4) is 0 Å². The highest BCUT2D eigenvalue weighted by atomic mass is 16.4. The highest BCUT2D eigenvalue weighted by Gasteiger charge is 2.35. The van der Waals surface area contributed by atoms with Gasteiger partial charge in [0.05, 0.1) is 0 Å². The van der Waals surface area contributed by atoms with Crippen molar-refractivity contribution >= 4 is 5.97 Å². The van der Waals surface area contributed by atoms with E-state index in [-0.39, 0.29) is 5.41 Å². The van der Waals surface area contributed by atoms with Crippen LogP contribution in [0, 0.1) is 11.3 Å². The summed E-state index contributed by atoms with van der Waals surface area (Å²) in [6, 6.07) is -0.771. The van der Waals surface area contributed by atoms with Gasteiger partial charge in [0.15, 0.2) is 0 Å². The number of carboxylic acid groups (broad SMARTS) is 1. The SMILES string of the molecule is CCC(C)C(C)(C)C(N)C(=O)O. The number of hydrogen-bond acceptors (Lipinski definition) is 2. The molecule has 3 N–H and O–H groups in total. The van der Waals surface area contributed by atoms with Gasteiger partial charge in [0.25, 0.3) is 0 Å². The molecule has 0 fully saturated rings. The fourth-order valence-electron chi connectivity index (χ4n) is 1.15. The predicted molar refractivity (Wildman–Crippen MR) is 48.8 cm³/mol. The molecule has 12 heavy (non-hydrogen) atoms. The van der Waals surface area contributed by atoms with E-state index in [1.165, 1.54) is 0 Å². The predicted octanol–water partition coefficient (Wildman–Crippen LogP) is 1.47. The van der Waals surface area contributed by atoms with Gasteiger partial charge in [-0.25, -0.2) is 0 Å².